The van der Waals surface area contributed by atoms with Gasteiger partial charge in [0.2, 0.25) is 0 Å². The number of hydrogen-bond donors (Lipinski definition) is 0. The lowest BCUT2D eigenvalue weighted by Crippen LogP contribution is -2.09. The first-order valence-electron chi connectivity index (χ1n) is 19.6. The van der Waals surface area contributed by atoms with E-state index in [-0.39, 0.29) is 0 Å². The molecule has 0 unspecified atom stereocenters. The highest BCUT2D eigenvalue weighted by Crippen LogP contribution is 2.45. The molecule has 0 fully saturated rings. The Morgan fingerprint density at radius 3 is 1.67 bits per heavy atom. The average Bonchev–Trinajstić information content (AvgIpc) is 3.98. The number of para-hydroxylation sites is 1. The highest BCUT2D eigenvalue weighted by atomic mass is 32.1. The van der Waals surface area contributed by atoms with Crippen molar-refractivity contribution in [2.45, 2.75) is 0 Å². The van der Waals surface area contributed by atoms with E-state index < -0.39 is 0 Å². The summed E-state index contributed by atoms with van der Waals surface area (Å²) in [5, 5.41) is 6.83. The van der Waals surface area contributed by atoms with Gasteiger partial charge in [0, 0.05) is 53.4 Å². The van der Waals surface area contributed by atoms with Crippen molar-refractivity contribution in [2.75, 3.05) is 4.90 Å². The fraction of sp³-hybridized carbons (Fsp3) is 0. The maximum atomic E-state index is 6.52. The molecule has 0 amide bonds. The topological polar surface area (TPSA) is 29.5 Å². The zero-order valence-electron chi connectivity index (χ0n) is 31.2. The molecule has 58 heavy (non-hydrogen) atoms. The molecule has 12 aromatic rings. The van der Waals surface area contributed by atoms with Gasteiger partial charge in [-0.1, -0.05) is 127 Å². The Bertz CT molecular complexity index is 3500. The van der Waals surface area contributed by atoms with Gasteiger partial charge in [0.1, 0.15) is 22.3 Å². The largest absolute Gasteiger partial charge is 0.456 e. The number of nitrogens with zero attached hydrogens (tertiary/aromatic N) is 1. The van der Waals surface area contributed by atoms with Gasteiger partial charge in [0.15, 0.2) is 0 Å². The van der Waals surface area contributed by atoms with E-state index in [2.05, 4.69) is 193 Å². The van der Waals surface area contributed by atoms with Crippen LogP contribution in [0.4, 0.5) is 17.1 Å². The third-order valence-corrected chi connectivity index (χ3v) is 12.7. The van der Waals surface area contributed by atoms with Gasteiger partial charge in [-0.15, -0.1) is 11.3 Å². The summed E-state index contributed by atoms with van der Waals surface area (Å²) in [6.07, 6.45) is 0. The van der Waals surface area contributed by atoms with E-state index in [0.29, 0.717) is 0 Å². The maximum absolute atomic E-state index is 6.52. The third-order valence-electron chi connectivity index (χ3n) is 11.5. The van der Waals surface area contributed by atoms with Crippen LogP contribution in [0, 0.1) is 0 Å². The smallest absolute Gasteiger partial charge is 0.147 e. The lowest BCUT2D eigenvalue weighted by atomic mass is 9.94. The van der Waals surface area contributed by atoms with E-state index in [1.807, 2.05) is 23.5 Å². The van der Waals surface area contributed by atoms with Crippen molar-refractivity contribution in [1.82, 2.24) is 0 Å². The fourth-order valence-corrected chi connectivity index (χ4v) is 9.90. The normalized spacial score (nSPS) is 11.8. The Kier molecular flexibility index (Phi) is 7.40. The number of fused-ring (bicyclic) bond motifs is 10. The second-order valence-corrected chi connectivity index (χ2v) is 15.9. The quantitative estimate of drug-likeness (QED) is 0.169. The van der Waals surface area contributed by atoms with E-state index >= 15 is 0 Å². The molecule has 3 nitrogen and oxygen atoms in total. The highest BCUT2D eigenvalue weighted by molar-refractivity contribution is 7.25. The molecule has 0 bridgehead atoms. The van der Waals surface area contributed by atoms with Gasteiger partial charge in [-0.3, -0.25) is 0 Å². The van der Waals surface area contributed by atoms with Crippen LogP contribution in [0.5, 0.6) is 0 Å². The molecule has 0 spiro atoms. The second-order valence-electron chi connectivity index (χ2n) is 14.8. The van der Waals surface area contributed by atoms with Crippen LogP contribution in [0.1, 0.15) is 0 Å². The number of thiophene rings is 1. The summed E-state index contributed by atoms with van der Waals surface area (Å²) in [4.78, 5) is 2.37. The van der Waals surface area contributed by atoms with Crippen molar-refractivity contribution >= 4 is 92.4 Å². The minimum atomic E-state index is 0.822. The number of furan rings is 2. The molecular weight excluding hydrogens is 727 g/mol. The Morgan fingerprint density at radius 2 is 0.897 bits per heavy atom. The lowest BCUT2D eigenvalue weighted by Gasteiger charge is -2.26. The monoisotopic (exact) mass is 759 g/mol. The van der Waals surface area contributed by atoms with Gasteiger partial charge in [0.25, 0.3) is 0 Å². The van der Waals surface area contributed by atoms with Crippen LogP contribution in [-0.2, 0) is 0 Å². The SMILES string of the molecule is c1ccc(-c2ccccc2-c2ccc(N(c3ccc(-c4cccc5oc6ccc7c8ccccc8oc7c6c45)cc3)c3ccc4sc5ccccc5c4c3)cc2)cc1. The second kappa shape index (κ2) is 13.1. The van der Waals surface area contributed by atoms with Crippen LogP contribution in [0.3, 0.4) is 0 Å². The summed E-state index contributed by atoms with van der Waals surface area (Å²) in [6, 6.07) is 71.5. The molecule has 272 valence electrons. The van der Waals surface area contributed by atoms with Crippen LogP contribution in [0.25, 0.3) is 97.4 Å². The molecule has 0 atom stereocenters. The molecule has 4 heteroatoms. The van der Waals surface area contributed by atoms with Gasteiger partial charge in [-0.25, -0.2) is 0 Å². The predicted octanol–water partition coefficient (Wildman–Crippen LogP) is 16.3. The molecule has 0 saturated carbocycles. The van der Waals surface area contributed by atoms with E-state index in [9.17, 15) is 0 Å². The molecule has 3 heterocycles. The lowest BCUT2D eigenvalue weighted by molar-refractivity contribution is 0.663. The van der Waals surface area contributed by atoms with Crippen LogP contribution in [0.2, 0.25) is 0 Å². The van der Waals surface area contributed by atoms with Gasteiger partial charge in [0.05, 0.1) is 5.39 Å². The summed E-state index contributed by atoms with van der Waals surface area (Å²) >= 11 is 1.84. The molecule has 3 aromatic heterocycles. The average molecular weight is 760 g/mol. The van der Waals surface area contributed by atoms with Gasteiger partial charge in [-0.05, 0) is 106 Å². The number of hydrogen-bond acceptors (Lipinski definition) is 4. The Hall–Kier alpha value is -7.40. The zero-order valence-corrected chi connectivity index (χ0v) is 32.0. The zero-order chi connectivity index (χ0) is 38.2. The standard InChI is InChI=1S/C54H33NO2S/c1-2-11-34(12-3-1)40-13-4-5-14-41(40)35-21-25-37(26-22-35)55(39-29-32-51-46(33-39)44-16-7-9-20-50(44)58-51)38-27-23-36(24-28-38)42-17-10-19-48-52(42)53-49(56-48)31-30-45-43-15-6-8-18-47(43)57-54(45)53/h1-33H. The van der Waals surface area contributed by atoms with E-state index in [4.69, 9.17) is 8.83 Å². The third kappa shape index (κ3) is 5.19. The summed E-state index contributed by atoms with van der Waals surface area (Å²) in [5.74, 6) is 0. The number of benzene rings is 9. The fourth-order valence-electron chi connectivity index (χ4n) is 8.81. The summed E-state index contributed by atoms with van der Waals surface area (Å²) in [5.41, 5.74) is 13.7. The Balaban J connectivity index is 0.996. The summed E-state index contributed by atoms with van der Waals surface area (Å²) in [7, 11) is 0. The van der Waals surface area contributed by atoms with Gasteiger partial charge in [-0.2, -0.15) is 0 Å². The maximum Gasteiger partial charge on any atom is 0.147 e. The van der Waals surface area contributed by atoms with Crippen molar-refractivity contribution in [3.63, 3.8) is 0 Å². The first-order chi connectivity index (χ1) is 28.7. The first-order valence-corrected chi connectivity index (χ1v) is 20.4. The molecule has 0 aliphatic carbocycles. The van der Waals surface area contributed by atoms with Crippen molar-refractivity contribution in [2.24, 2.45) is 0 Å². The molecule has 0 radical (unpaired) electrons. The highest BCUT2D eigenvalue weighted by Gasteiger charge is 2.20. The van der Waals surface area contributed by atoms with Crippen LogP contribution < -0.4 is 4.90 Å². The molecule has 0 saturated heterocycles. The minimum Gasteiger partial charge on any atom is -0.456 e. The van der Waals surface area contributed by atoms with E-state index in [1.165, 1.54) is 42.4 Å². The van der Waals surface area contributed by atoms with Crippen molar-refractivity contribution in [3.05, 3.63) is 200 Å². The van der Waals surface area contributed by atoms with Gasteiger partial charge >= 0.3 is 0 Å². The van der Waals surface area contributed by atoms with Crippen molar-refractivity contribution < 1.29 is 8.83 Å². The predicted molar refractivity (Wildman–Crippen MR) is 245 cm³/mol. The first kappa shape index (κ1) is 32.8. The summed E-state index contributed by atoms with van der Waals surface area (Å²) in [6.45, 7) is 0. The molecule has 0 aliphatic heterocycles. The van der Waals surface area contributed by atoms with E-state index in [0.717, 1.165) is 72.1 Å². The van der Waals surface area contributed by atoms with Crippen LogP contribution in [0.15, 0.2) is 209 Å². The molecule has 9 aromatic carbocycles. The van der Waals surface area contributed by atoms with Gasteiger partial charge < -0.3 is 13.7 Å². The van der Waals surface area contributed by atoms with Crippen LogP contribution in [-0.4, -0.2) is 0 Å². The number of anilines is 3. The molecule has 0 N–H and O–H groups in total. The van der Waals surface area contributed by atoms with Crippen LogP contribution >= 0.6 is 11.3 Å². The van der Waals surface area contributed by atoms with Crippen molar-refractivity contribution in [1.29, 1.82) is 0 Å². The Morgan fingerprint density at radius 1 is 0.328 bits per heavy atom. The summed E-state index contributed by atoms with van der Waals surface area (Å²) < 4.78 is 15.6. The van der Waals surface area contributed by atoms with Crippen molar-refractivity contribution in [3.8, 4) is 33.4 Å². The molecule has 0 aliphatic rings. The molecule has 12 rings (SSSR count). The Labute approximate surface area is 338 Å². The van der Waals surface area contributed by atoms with E-state index in [1.54, 1.807) is 0 Å². The number of rotatable bonds is 6. The molecular formula is C54H33NO2S. The minimum absolute atomic E-state index is 0.822.